The van der Waals surface area contributed by atoms with Crippen molar-refractivity contribution in [2.45, 2.75) is 13.8 Å². The van der Waals surface area contributed by atoms with Crippen LogP contribution in [-0.4, -0.2) is 4.31 Å². The number of thiol groups is 1. The second kappa shape index (κ2) is 2.82. The average molecular weight is 129 g/mol. The Bertz CT molecular complexity index is 104. The summed E-state index contributed by atoms with van der Waals surface area (Å²) < 4.78 is 1.64. The summed E-state index contributed by atoms with van der Waals surface area (Å²) in [6.07, 6.45) is 0. The Kier molecular flexibility index (Phi) is 2.69. The van der Waals surface area contributed by atoms with Gasteiger partial charge in [0.2, 0.25) is 0 Å². The molecule has 0 bridgehead atoms. The van der Waals surface area contributed by atoms with Gasteiger partial charge in [0.15, 0.2) is 0 Å². The maximum absolute atomic E-state index is 4.05. The molecule has 0 atom stereocenters. The third-order valence-corrected chi connectivity index (χ3v) is 1.41. The van der Waals surface area contributed by atoms with Crippen LogP contribution in [0.25, 0.3) is 0 Å². The van der Waals surface area contributed by atoms with E-state index in [2.05, 4.69) is 26.0 Å². The highest BCUT2D eigenvalue weighted by molar-refractivity contribution is 7.78. The van der Waals surface area contributed by atoms with Gasteiger partial charge in [0.1, 0.15) is 0 Å². The highest BCUT2D eigenvalue weighted by Crippen LogP contribution is 2.10. The lowest BCUT2D eigenvalue weighted by atomic mass is 10.5. The number of rotatable bonds is 2. The summed E-state index contributed by atoms with van der Waals surface area (Å²) in [5.41, 5.74) is 1.78. The molecule has 0 aliphatic heterocycles. The molecule has 46 valence electrons. The van der Waals surface area contributed by atoms with Gasteiger partial charge in [0.05, 0.1) is 0 Å². The van der Waals surface area contributed by atoms with E-state index in [0.717, 1.165) is 11.4 Å². The SMILES string of the molecule is C=C(C)N(S)C(=C)C. The first-order valence-electron chi connectivity index (χ1n) is 2.35. The minimum Gasteiger partial charge on any atom is -0.297 e. The summed E-state index contributed by atoms with van der Waals surface area (Å²) in [5, 5.41) is 0. The van der Waals surface area contributed by atoms with Gasteiger partial charge in [0.25, 0.3) is 0 Å². The number of allylic oxidation sites excluding steroid dienone is 2. The van der Waals surface area contributed by atoms with Gasteiger partial charge in [-0.2, -0.15) is 0 Å². The molecule has 0 rings (SSSR count). The van der Waals surface area contributed by atoms with Crippen LogP contribution < -0.4 is 0 Å². The number of hydrogen-bond acceptors (Lipinski definition) is 2. The van der Waals surface area contributed by atoms with Crippen LogP contribution in [0.1, 0.15) is 13.8 Å². The molecule has 0 aromatic heterocycles. The zero-order valence-corrected chi connectivity index (χ0v) is 6.20. The normalized spacial score (nSPS) is 8.38. The molecule has 0 unspecified atom stereocenters. The summed E-state index contributed by atoms with van der Waals surface area (Å²) in [5.74, 6) is 0. The predicted molar refractivity (Wildman–Crippen MR) is 40.5 cm³/mol. The van der Waals surface area contributed by atoms with Gasteiger partial charge in [-0.3, -0.25) is 4.31 Å². The monoisotopic (exact) mass is 129 g/mol. The van der Waals surface area contributed by atoms with E-state index in [4.69, 9.17) is 0 Å². The zero-order valence-electron chi connectivity index (χ0n) is 5.31. The van der Waals surface area contributed by atoms with Gasteiger partial charge in [-0.1, -0.05) is 26.0 Å². The van der Waals surface area contributed by atoms with E-state index in [1.54, 1.807) is 4.31 Å². The summed E-state index contributed by atoms with van der Waals surface area (Å²) in [7, 11) is 0. The van der Waals surface area contributed by atoms with E-state index < -0.39 is 0 Å². The first-order valence-corrected chi connectivity index (χ1v) is 2.75. The highest BCUT2D eigenvalue weighted by atomic mass is 32.1. The molecule has 0 amide bonds. The van der Waals surface area contributed by atoms with Crippen LogP contribution in [0.5, 0.6) is 0 Å². The Morgan fingerprint density at radius 2 is 1.50 bits per heavy atom. The molecule has 0 spiro atoms. The zero-order chi connectivity index (χ0) is 6.73. The summed E-state index contributed by atoms with van der Waals surface area (Å²) >= 11 is 4.05. The average Bonchev–Trinajstić information content (AvgIpc) is 1.64. The largest absolute Gasteiger partial charge is 0.297 e. The second-order valence-corrected chi connectivity index (χ2v) is 2.18. The maximum atomic E-state index is 4.05. The van der Waals surface area contributed by atoms with Crippen molar-refractivity contribution in [3.63, 3.8) is 0 Å². The van der Waals surface area contributed by atoms with Crippen LogP contribution in [0.3, 0.4) is 0 Å². The predicted octanol–water partition coefficient (Wildman–Crippen LogP) is 2.20. The fourth-order valence-corrected chi connectivity index (χ4v) is 0.326. The van der Waals surface area contributed by atoms with E-state index >= 15 is 0 Å². The Hall–Kier alpha value is -0.370. The van der Waals surface area contributed by atoms with Crippen molar-refractivity contribution < 1.29 is 0 Å². The lowest BCUT2D eigenvalue weighted by molar-refractivity contribution is 0.721. The molecule has 0 aromatic rings. The van der Waals surface area contributed by atoms with Gasteiger partial charge in [-0.15, -0.1) is 0 Å². The molecular weight excluding hydrogens is 118 g/mol. The van der Waals surface area contributed by atoms with Crippen LogP contribution in [0.15, 0.2) is 24.6 Å². The molecular formula is C6H11NS. The lowest BCUT2D eigenvalue weighted by Crippen LogP contribution is -2.03. The van der Waals surface area contributed by atoms with Crippen molar-refractivity contribution in [3.8, 4) is 0 Å². The van der Waals surface area contributed by atoms with Crippen molar-refractivity contribution in [2.75, 3.05) is 0 Å². The Morgan fingerprint density at radius 1 is 1.25 bits per heavy atom. The van der Waals surface area contributed by atoms with E-state index in [1.807, 2.05) is 13.8 Å². The molecule has 8 heavy (non-hydrogen) atoms. The van der Waals surface area contributed by atoms with Gasteiger partial charge in [-0.05, 0) is 13.8 Å². The molecule has 0 radical (unpaired) electrons. The van der Waals surface area contributed by atoms with Crippen LogP contribution in [-0.2, 0) is 0 Å². The van der Waals surface area contributed by atoms with E-state index in [0.29, 0.717) is 0 Å². The minimum absolute atomic E-state index is 0.890. The smallest absolute Gasteiger partial charge is 0.0190 e. The third kappa shape index (κ3) is 2.07. The topological polar surface area (TPSA) is 3.24 Å². The van der Waals surface area contributed by atoms with Crippen molar-refractivity contribution in [3.05, 3.63) is 24.6 Å². The minimum atomic E-state index is 0.890. The van der Waals surface area contributed by atoms with Gasteiger partial charge >= 0.3 is 0 Å². The summed E-state index contributed by atoms with van der Waals surface area (Å²) in [6.45, 7) is 11.1. The van der Waals surface area contributed by atoms with E-state index in [9.17, 15) is 0 Å². The molecule has 0 saturated heterocycles. The maximum Gasteiger partial charge on any atom is 0.0190 e. The molecule has 0 fully saturated rings. The highest BCUT2D eigenvalue weighted by Gasteiger charge is 1.94. The Balaban J connectivity index is 3.83. The standard InChI is InChI=1S/C6H11NS/c1-5(2)7(8)6(3)4/h8H,1,3H2,2,4H3. The second-order valence-electron chi connectivity index (χ2n) is 1.78. The van der Waals surface area contributed by atoms with Crippen molar-refractivity contribution >= 4 is 12.8 Å². The van der Waals surface area contributed by atoms with Crippen molar-refractivity contribution in [2.24, 2.45) is 0 Å². The van der Waals surface area contributed by atoms with Gasteiger partial charge in [-0.25, -0.2) is 0 Å². The first-order chi connectivity index (χ1) is 3.55. The molecule has 0 saturated carbocycles. The first kappa shape index (κ1) is 7.63. The summed E-state index contributed by atoms with van der Waals surface area (Å²) in [4.78, 5) is 0. The fourth-order valence-electron chi connectivity index (χ4n) is 0.326. The molecule has 0 N–H and O–H groups in total. The van der Waals surface area contributed by atoms with Crippen molar-refractivity contribution in [1.82, 2.24) is 4.31 Å². The van der Waals surface area contributed by atoms with Crippen LogP contribution in [0.4, 0.5) is 0 Å². The summed E-state index contributed by atoms with van der Waals surface area (Å²) in [6, 6.07) is 0. The molecule has 1 nitrogen and oxygen atoms in total. The quantitative estimate of drug-likeness (QED) is 0.559. The van der Waals surface area contributed by atoms with E-state index in [-0.39, 0.29) is 0 Å². The fraction of sp³-hybridized carbons (Fsp3) is 0.333. The molecule has 2 heteroatoms. The molecule has 0 aromatic carbocycles. The van der Waals surface area contributed by atoms with Crippen molar-refractivity contribution in [1.29, 1.82) is 0 Å². The molecule has 0 aliphatic rings. The van der Waals surface area contributed by atoms with Gasteiger partial charge in [0, 0.05) is 11.4 Å². The number of nitrogens with zero attached hydrogens (tertiary/aromatic N) is 1. The van der Waals surface area contributed by atoms with E-state index in [1.165, 1.54) is 0 Å². The van der Waals surface area contributed by atoms with Crippen LogP contribution in [0, 0.1) is 0 Å². The molecule has 0 heterocycles. The Labute approximate surface area is 56.2 Å². The lowest BCUT2D eigenvalue weighted by Gasteiger charge is -2.15. The Morgan fingerprint density at radius 3 is 1.50 bits per heavy atom. The third-order valence-electron chi connectivity index (χ3n) is 0.723. The molecule has 0 aliphatic carbocycles. The number of hydrogen-bond donors (Lipinski definition) is 1. The van der Waals surface area contributed by atoms with Crippen LogP contribution >= 0.6 is 12.8 Å². The van der Waals surface area contributed by atoms with Crippen LogP contribution in [0.2, 0.25) is 0 Å². The van der Waals surface area contributed by atoms with Gasteiger partial charge < -0.3 is 0 Å².